The van der Waals surface area contributed by atoms with Gasteiger partial charge < -0.3 is 4.52 Å². The summed E-state index contributed by atoms with van der Waals surface area (Å²) in [5.74, 6) is 1.15. The van der Waals surface area contributed by atoms with Crippen molar-refractivity contribution in [1.82, 2.24) is 19.3 Å². The summed E-state index contributed by atoms with van der Waals surface area (Å²) in [5, 5.41) is 4.03. The quantitative estimate of drug-likeness (QED) is 0.634. The molecular weight excluding hydrogens is 376 g/mol. The van der Waals surface area contributed by atoms with E-state index in [9.17, 15) is 8.42 Å². The topological polar surface area (TPSA) is 79.5 Å². The van der Waals surface area contributed by atoms with Crippen LogP contribution in [-0.2, 0) is 22.3 Å². The Labute approximate surface area is 164 Å². The lowest BCUT2D eigenvalue weighted by Gasteiger charge is -2.33. The molecule has 2 heterocycles. The zero-order chi connectivity index (χ0) is 19.4. The average Bonchev–Trinajstić information content (AvgIpc) is 3.18. The van der Waals surface area contributed by atoms with Gasteiger partial charge in [-0.25, -0.2) is 8.42 Å². The van der Waals surface area contributed by atoms with Crippen molar-refractivity contribution >= 4 is 10.0 Å². The summed E-state index contributed by atoms with van der Waals surface area (Å²) < 4.78 is 32.2. The molecule has 0 N–H and O–H groups in total. The third kappa shape index (κ3) is 4.46. The van der Waals surface area contributed by atoms with Gasteiger partial charge in [-0.05, 0) is 5.56 Å². The molecule has 1 saturated heterocycles. The highest BCUT2D eigenvalue weighted by Gasteiger charge is 2.27. The van der Waals surface area contributed by atoms with E-state index in [0.717, 1.165) is 11.1 Å². The van der Waals surface area contributed by atoms with Crippen LogP contribution in [0.3, 0.4) is 0 Å². The molecule has 146 valence electrons. The summed E-state index contributed by atoms with van der Waals surface area (Å²) >= 11 is 0. The molecule has 7 nitrogen and oxygen atoms in total. The molecule has 1 aliphatic rings. The van der Waals surface area contributed by atoms with Crippen molar-refractivity contribution in [3.63, 3.8) is 0 Å². The van der Waals surface area contributed by atoms with Gasteiger partial charge in [-0.15, -0.1) is 0 Å². The fourth-order valence-electron chi connectivity index (χ4n) is 3.26. The van der Waals surface area contributed by atoms with E-state index >= 15 is 0 Å². The highest BCUT2D eigenvalue weighted by Crippen LogP contribution is 2.17. The van der Waals surface area contributed by atoms with Crippen molar-refractivity contribution in [1.29, 1.82) is 0 Å². The number of rotatable bonds is 6. The van der Waals surface area contributed by atoms with Crippen LogP contribution in [0.15, 0.2) is 65.2 Å². The molecule has 1 aromatic heterocycles. The van der Waals surface area contributed by atoms with Crippen LogP contribution in [0.4, 0.5) is 0 Å². The zero-order valence-electron chi connectivity index (χ0n) is 15.4. The first-order valence-corrected chi connectivity index (χ1v) is 10.8. The fourth-order valence-corrected chi connectivity index (χ4v) is 4.77. The normalized spacial score (nSPS) is 16.3. The van der Waals surface area contributed by atoms with Gasteiger partial charge in [0.05, 0.1) is 12.3 Å². The van der Waals surface area contributed by atoms with Crippen LogP contribution >= 0.6 is 0 Å². The highest BCUT2D eigenvalue weighted by molar-refractivity contribution is 7.88. The Hall–Kier alpha value is -2.55. The third-order valence-corrected chi connectivity index (χ3v) is 6.63. The summed E-state index contributed by atoms with van der Waals surface area (Å²) in [5.41, 5.74) is 1.72. The zero-order valence-corrected chi connectivity index (χ0v) is 16.3. The lowest BCUT2D eigenvalue weighted by Crippen LogP contribution is -2.48. The molecule has 0 aliphatic carbocycles. The van der Waals surface area contributed by atoms with E-state index in [1.165, 1.54) is 0 Å². The molecular formula is C20H22N4O3S. The molecule has 1 aliphatic heterocycles. The first kappa shape index (κ1) is 18.8. The SMILES string of the molecule is O=S(=O)(Cc1ccccc1)N1CCN(Cc2nc(-c3ccccc3)no2)CC1. The van der Waals surface area contributed by atoms with Crippen molar-refractivity contribution in [2.24, 2.45) is 0 Å². The molecule has 0 spiro atoms. The van der Waals surface area contributed by atoms with Crippen LogP contribution in [0.25, 0.3) is 11.4 Å². The van der Waals surface area contributed by atoms with E-state index < -0.39 is 10.0 Å². The fraction of sp³-hybridized carbons (Fsp3) is 0.300. The van der Waals surface area contributed by atoms with E-state index in [4.69, 9.17) is 4.52 Å². The molecule has 8 heteroatoms. The molecule has 4 rings (SSSR count). The smallest absolute Gasteiger partial charge is 0.241 e. The molecule has 0 bridgehead atoms. The second kappa shape index (κ2) is 8.22. The lowest BCUT2D eigenvalue weighted by molar-refractivity contribution is 0.163. The van der Waals surface area contributed by atoms with Gasteiger partial charge in [0.2, 0.25) is 21.7 Å². The van der Waals surface area contributed by atoms with Gasteiger partial charge in [0.1, 0.15) is 0 Å². The Morgan fingerprint density at radius 3 is 2.21 bits per heavy atom. The van der Waals surface area contributed by atoms with Gasteiger partial charge in [-0.3, -0.25) is 4.90 Å². The Morgan fingerprint density at radius 1 is 0.893 bits per heavy atom. The lowest BCUT2D eigenvalue weighted by atomic mass is 10.2. The number of piperazine rings is 1. The van der Waals surface area contributed by atoms with E-state index in [0.29, 0.717) is 44.4 Å². The summed E-state index contributed by atoms with van der Waals surface area (Å²) in [6, 6.07) is 19.0. The number of aromatic nitrogens is 2. The molecule has 3 aromatic rings. The monoisotopic (exact) mass is 398 g/mol. The summed E-state index contributed by atoms with van der Waals surface area (Å²) in [4.78, 5) is 6.58. The summed E-state index contributed by atoms with van der Waals surface area (Å²) in [7, 11) is -3.31. The van der Waals surface area contributed by atoms with Crippen LogP contribution < -0.4 is 0 Å². The van der Waals surface area contributed by atoms with Crippen LogP contribution in [-0.4, -0.2) is 53.9 Å². The molecule has 0 amide bonds. The Bertz CT molecular complexity index is 998. The Morgan fingerprint density at radius 2 is 1.54 bits per heavy atom. The van der Waals surface area contributed by atoms with Crippen molar-refractivity contribution in [3.8, 4) is 11.4 Å². The van der Waals surface area contributed by atoms with Crippen molar-refractivity contribution in [2.45, 2.75) is 12.3 Å². The van der Waals surface area contributed by atoms with Crippen LogP contribution in [0.5, 0.6) is 0 Å². The minimum atomic E-state index is -3.31. The van der Waals surface area contributed by atoms with Gasteiger partial charge in [-0.2, -0.15) is 9.29 Å². The molecule has 0 unspecified atom stereocenters. The minimum Gasteiger partial charge on any atom is -0.338 e. The molecule has 28 heavy (non-hydrogen) atoms. The average molecular weight is 398 g/mol. The van der Waals surface area contributed by atoms with Crippen LogP contribution in [0.2, 0.25) is 0 Å². The maximum atomic E-state index is 12.6. The Balaban J connectivity index is 1.33. The molecule has 2 aromatic carbocycles. The maximum absolute atomic E-state index is 12.6. The number of sulfonamides is 1. The summed E-state index contributed by atoms with van der Waals surface area (Å²) in [6.45, 7) is 2.73. The summed E-state index contributed by atoms with van der Waals surface area (Å²) in [6.07, 6.45) is 0. The van der Waals surface area contributed by atoms with Crippen LogP contribution in [0, 0.1) is 0 Å². The van der Waals surface area contributed by atoms with E-state index in [2.05, 4.69) is 15.0 Å². The predicted octanol–water partition coefficient (Wildman–Crippen LogP) is 2.38. The van der Waals surface area contributed by atoms with Crippen molar-refractivity contribution < 1.29 is 12.9 Å². The number of hydrogen-bond acceptors (Lipinski definition) is 6. The van der Waals surface area contributed by atoms with Gasteiger partial charge >= 0.3 is 0 Å². The molecule has 0 atom stereocenters. The number of nitrogens with zero attached hydrogens (tertiary/aromatic N) is 4. The van der Waals surface area contributed by atoms with Gasteiger partial charge in [0.25, 0.3) is 0 Å². The maximum Gasteiger partial charge on any atom is 0.241 e. The van der Waals surface area contributed by atoms with E-state index in [1.54, 1.807) is 4.31 Å². The van der Waals surface area contributed by atoms with E-state index in [-0.39, 0.29) is 5.75 Å². The van der Waals surface area contributed by atoms with Gasteiger partial charge in [0, 0.05) is 31.7 Å². The number of hydrogen-bond donors (Lipinski definition) is 0. The second-order valence-electron chi connectivity index (χ2n) is 6.79. The Kier molecular flexibility index (Phi) is 5.52. The van der Waals surface area contributed by atoms with Crippen molar-refractivity contribution in [2.75, 3.05) is 26.2 Å². The largest absolute Gasteiger partial charge is 0.338 e. The van der Waals surface area contributed by atoms with Gasteiger partial charge in [0.15, 0.2) is 0 Å². The molecule has 0 saturated carbocycles. The molecule has 0 radical (unpaired) electrons. The van der Waals surface area contributed by atoms with Crippen molar-refractivity contribution in [3.05, 3.63) is 72.1 Å². The third-order valence-electron chi connectivity index (χ3n) is 4.78. The van der Waals surface area contributed by atoms with Gasteiger partial charge in [-0.1, -0.05) is 65.8 Å². The standard InChI is InChI=1S/C20H22N4O3S/c25-28(26,16-17-7-3-1-4-8-17)24-13-11-23(12-14-24)15-19-21-20(22-27-19)18-9-5-2-6-10-18/h1-10H,11-16H2. The van der Waals surface area contributed by atoms with E-state index in [1.807, 2.05) is 60.7 Å². The van der Waals surface area contributed by atoms with Crippen LogP contribution in [0.1, 0.15) is 11.5 Å². The second-order valence-corrected chi connectivity index (χ2v) is 8.76. The predicted molar refractivity (Wildman–Crippen MR) is 106 cm³/mol. The molecule has 1 fully saturated rings. The number of benzene rings is 2. The highest BCUT2D eigenvalue weighted by atomic mass is 32.2. The first-order chi connectivity index (χ1) is 13.6. The minimum absolute atomic E-state index is 0.0396. The first-order valence-electron chi connectivity index (χ1n) is 9.22.